The SMILES string of the molecule is CC(C)Oc1cncc(I)c1. The predicted molar refractivity (Wildman–Crippen MR) is 52.7 cm³/mol. The van der Waals surface area contributed by atoms with Crippen molar-refractivity contribution in [3.63, 3.8) is 0 Å². The monoisotopic (exact) mass is 263 g/mol. The maximum absolute atomic E-state index is 5.43. The highest BCUT2D eigenvalue weighted by Crippen LogP contribution is 2.13. The number of ether oxygens (including phenoxy) is 1. The number of rotatable bonds is 2. The Morgan fingerprint density at radius 2 is 2.18 bits per heavy atom. The lowest BCUT2D eigenvalue weighted by Gasteiger charge is -2.08. The summed E-state index contributed by atoms with van der Waals surface area (Å²) >= 11 is 2.21. The number of pyridine rings is 1. The Hall–Kier alpha value is -0.320. The van der Waals surface area contributed by atoms with Crippen LogP contribution in [0.4, 0.5) is 0 Å². The Kier molecular flexibility index (Phi) is 3.11. The summed E-state index contributed by atoms with van der Waals surface area (Å²) in [5.41, 5.74) is 0. The predicted octanol–water partition coefficient (Wildman–Crippen LogP) is 2.47. The summed E-state index contributed by atoms with van der Waals surface area (Å²) in [5, 5.41) is 0. The van der Waals surface area contributed by atoms with E-state index >= 15 is 0 Å². The molecule has 0 radical (unpaired) electrons. The van der Waals surface area contributed by atoms with E-state index in [-0.39, 0.29) is 6.10 Å². The first-order valence-electron chi connectivity index (χ1n) is 3.45. The van der Waals surface area contributed by atoms with E-state index in [0.29, 0.717) is 0 Å². The van der Waals surface area contributed by atoms with Crippen molar-refractivity contribution in [3.05, 3.63) is 22.0 Å². The fraction of sp³-hybridized carbons (Fsp3) is 0.375. The molecule has 0 aliphatic heterocycles. The summed E-state index contributed by atoms with van der Waals surface area (Å²) in [7, 11) is 0. The second-order valence-corrected chi connectivity index (χ2v) is 3.75. The number of halogens is 1. The normalized spacial score (nSPS) is 10.2. The first kappa shape index (κ1) is 8.77. The molecule has 3 heteroatoms. The standard InChI is InChI=1S/C8H10INO/c1-6(2)11-8-3-7(9)4-10-5-8/h3-6H,1-2H3. The second-order valence-electron chi connectivity index (χ2n) is 2.51. The van der Waals surface area contributed by atoms with Crippen LogP contribution in [0.25, 0.3) is 0 Å². The Labute approximate surface area is 80.1 Å². The molecule has 11 heavy (non-hydrogen) atoms. The van der Waals surface area contributed by atoms with E-state index in [1.807, 2.05) is 19.9 Å². The molecule has 0 bridgehead atoms. The minimum absolute atomic E-state index is 0.218. The highest BCUT2D eigenvalue weighted by molar-refractivity contribution is 14.1. The largest absolute Gasteiger partial charge is 0.489 e. The number of hydrogen-bond donors (Lipinski definition) is 0. The first-order valence-corrected chi connectivity index (χ1v) is 4.53. The molecule has 60 valence electrons. The van der Waals surface area contributed by atoms with Crippen molar-refractivity contribution in [2.45, 2.75) is 20.0 Å². The van der Waals surface area contributed by atoms with Crippen LogP contribution in [0, 0.1) is 3.57 Å². The van der Waals surface area contributed by atoms with Crippen molar-refractivity contribution < 1.29 is 4.74 Å². The van der Waals surface area contributed by atoms with E-state index in [4.69, 9.17) is 4.74 Å². The molecule has 0 unspecified atom stereocenters. The van der Waals surface area contributed by atoms with Crippen molar-refractivity contribution in [1.82, 2.24) is 4.98 Å². The Bertz CT molecular complexity index is 237. The molecule has 0 amide bonds. The summed E-state index contributed by atoms with van der Waals surface area (Å²) in [6, 6.07) is 1.97. The molecule has 0 fully saturated rings. The van der Waals surface area contributed by atoms with Gasteiger partial charge in [0.1, 0.15) is 5.75 Å². The lowest BCUT2D eigenvalue weighted by Crippen LogP contribution is -2.05. The molecule has 0 atom stereocenters. The summed E-state index contributed by atoms with van der Waals surface area (Å²) in [5.74, 6) is 0.840. The topological polar surface area (TPSA) is 22.1 Å². The molecule has 0 aliphatic rings. The van der Waals surface area contributed by atoms with Crippen molar-refractivity contribution in [3.8, 4) is 5.75 Å². The summed E-state index contributed by atoms with van der Waals surface area (Å²) < 4.78 is 6.53. The molecule has 2 nitrogen and oxygen atoms in total. The minimum atomic E-state index is 0.218. The molecular weight excluding hydrogens is 253 g/mol. The lowest BCUT2D eigenvalue weighted by atomic mass is 10.4. The Morgan fingerprint density at radius 3 is 2.73 bits per heavy atom. The van der Waals surface area contributed by atoms with Gasteiger partial charge in [0.05, 0.1) is 12.3 Å². The maximum Gasteiger partial charge on any atom is 0.139 e. The van der Waals surface area contributed by atoms with Gasteiger partial charge in [-0.2, -0.15) is 0 Å². The zero-order chi connectivity index (χ0) is 8.27. The second kappa shape index (κ2) is 3.90. The van der Waals surface area contributed by atoms with Crippen LogP contribution in [0.2, 0.25) is 0 Å². The van der Waals surface area contributed by atoms with Crippen LogP contribution in [-0.2, 0) is 0 Å². The van der Waals surface area contributed by atoms with Gasteiger partial charge in [0.2, 0.25) is 0 Å². The zero-order valence-corrected chi connectivity index (χ0v) is 8.70. The lowest BCUT2D eigenvalue weighted by molar-refractivity contribution is 0.241. The Morgan fingerprint density at radius 1 is 1.45 bits per heavy atom. The quantitative estimate of drug-likeness (QED) is 0.765. The zero-order valence-electron chi connectivity index (χ0n) is 6.54. The smallest absolute Gasteiger partial charge is 0.139 e. The van der Waals surface area contributed by atoms with Gasteiger partial charge in [0.15, 0.2) is 0 Å². The summed E-state index contributed by atoms with van der Waals surface area (Å²) in [6.45, 7) is 4.00. The van der Waals surface area contributed by atoms with Gasteiger partial charge >= 0.3 is 0 Å². The van der Waals surface area contributed by atoms with Gasteiger partial charge in [-0.1, -0.05) is 0 Å². The van der Waals surface area contributed by atoms with E-state index in [1.54, 1.807) is 12.4 Å². The van der Waals surface area contributed by atoms with Gasteiger partial charge in [0, 0.05) is 9.77 Å². The van der Waals surface area contributed by atoms with Crippen LogP contribution in [0.15, 0.2) is 18.5 Å². The van der Waals surface area contributed by atoms with Gasteiger partial charge in [-0.05, 0) is 42.5 Å². The fourth-order valence-corrected chi connectivity index (χ4v) is 1.20. The number of nitrogens with zero attached hydrogens (tertiary/aromatic N) is 1. The first-order chi connectivity index (χ1) is 5.18. The van der Waals surface area contributed by atoms with Crippen LogP contribution in [0.3, 0.4) is 0 Å². The highest BCUT2D eigenvalue weighted by Gasteiger charge is 1.97. The average Bonchev–Trinajstić information content (AvgIpc) is 1.85. The molecule has 0 saturated carbocycles. The van der Waals surface area contributed by atoms with E-state index in [9.17, 15) is 0 Å². The van der Waals surface area contributed by atoms with Gasteiger partial charge in [-0.15, -0.1) is 0 Å². The summed E-state index contributed by atoms with van der Waals surface area (Å²) in [4.78, 5) is 4.00. The van der Waals surface area contributed by atoms with E-state index in [2.05, 4.69) is 27.6 Å². The van der Waals surface area contributed by atoms with Gasteiger partial charge in [-0.3, -0.25) is 4.98 Å². The van der Waals surface area contributed by atoms with Crippen molar-refractivity contribution in [2.75, 3.05) is 0 Å². The molecule has 0 spiro atoms. The van der Waals surface area contributed by atoms with E-state index < -0.39 is 0 Å². The van der Waals surface area contributed by atoms with Crippen molar-refractivity contribution in [2.24, 2.45) is 0 Å². The molecule has 0 saturated heterocycles. The maximum atomic E-state index is 5.43. The van der Waals surface area contributed by atoms with Crippen molar-refractivity contribution in [1.29, 1.82) is 0 Å². The minimum Gasteiger partial charge on any atom is -0.489 e. The van der Waals surface area contributed by atoms with Gasteiger partial charge in [0.25, 0.3) is 0 Å². The molecule has 0 aliphatic carbocycles. The number of hydrogen-bond acceptors (Lipinski definition) is 2. The van der Waals surface area contributed by atoms with Crippen LogP contribution in [-0.4, -0.2) is 11.1 Å². The van der Waals surface area contributed by atoms with Crippen LogP contribution in [0.5, 0.6) is 5.75 Å². The van der Waals surface area contributed by atoms with Crippen LogP contribution in [0.1, 0.15) is 13.8 Å². The number of aromatic nitrogens is 1. The molecular formula is C8H10INO. The third-order valence-corrected chi connectivity index (χ3v) is 1.64. The highest BCUT2D eigenvalue weighted by atomic mass is 127. The molecule has 1 aromatic rings. The van der Waals surface area contributed by atoms with Gasteiger partial charge in [-0.25, -0.2) is 0 Å². The summed E-state index contributed by atoms with van der Waals surface area (Å²) in [6.07, 6.45) is 3.74. The van der Waals surface area contributed by atoms with Crippen LogP contribution >= 0.6 is 22.6 Å². The van der Waals surface area contributed by atoms with Gasteiger partial charge < -0.3 is 4.74 Å². The Balaban J connectivity index is 2.71. The fourth-order valence-electron chi connectivity index (χ4n) is 0.729. The molecule has 1 aromatic heterocycles. The third-order valence-electron chi connectivity index (χ3n) is 1.05. The van der Waals surface area contributed by atoms with Crippen molar-refractivity contribution >= 4 is 22.6 Å². The molecule has 0 N–H and O–H groups in total. The van der Waals surface area contributed by atoms with E-state index in [0.717, 1.165) is 9.32 Å². The third kappa shape index (κ3) is 3.05. The average molecular weight is 263 g/mol. The van der Waals surface area contributed by atoms with Crippen LogP contribution < -0.4 is 4.74 Å². The molecule has 1 heterocycles. The molecule has 0 aromatic carbocycles. The molecule has 1 rings (SSSR count). The van der Waals surface area contributed by atoms with E-state index in [1.165, 1.54) is 0 Å².